The Morgan fingerprint density at radius 3 is 2.18 bits per heavy atom. The summed E-state index contributed by atoms with van der Waals surface area (Å²) in [5.74, 6) is -0.488. The third-order valence-electron chi connectivity index (χ3n) is 2.95. The van der Waals surface area contributed by atoms with Crippen LogP contribution in [0.5, 0.6) is 0 Å². The Kier molecular flexibility index (Phi) is 2.84. The molecular formula is C14H15NO2. The first kappa shape index (κ1) is 11.6. The molecule has 2 amide bonds. The lowest BCUT2D eigenvalue weighted by atomic mass is 9.97. The molecule has 17 heavy (non-hydrogen) atoms. The molecule has 0 bridgehead atoms. The Hall–Kier alpha value is -1.90. The zero-order valence-electron chi connectivity index (χ0n) is 10.3. The van der Waals surface area contributed by atoms with E-state index in [1.165, 1.54) is 5.56 Å². The summed E-state index contributed by atoms with van der Waals surface area (Å²) in [6.07, 6.45) is 2.01. The lowest BCUT2D eigenvalue weighted by molar-refractivity contribution is -0.124. The van der Waals surface area contributed by atoms with Crippen LogP contribution in [0.15, 0.2) is 17.7 Å². The van der Waals surface area contributed by atoms with Crippen LogP contribution >= 0.6 is 0 Å². The quantitative estimate of drug-likeness (QED) is 0.591. The zero-order valence-corrected chi connectivity index (χ0v) is 10.3. The Bertz CT molecular complexity index is 518. The van der Waals surface area contributed by atoms with Crippen LogP contribution in [0.4, 0.5) is 0 Å². The minimum atomic E-state index is -0.269. The highest BCUT2D eigenvalue weighted by Gasteiger charge is 2.23. The van der Waals surface area contributed by atoms with Crippen molar-refractivity contribution in [2.24, 2.45) is 0 Å². The smallest absolute Gasteiger partial charge is 0.254 e. The van der Waals surface area contributed by atoms with E-state index in [1.807, 2.05) is 26.8 Å². The molecule has 0 saturated carbocycles. The standard InChI is InChI=1S/C14H15NO2/c1-8-4-9(2)12(10(3)5-8)6-11-7-13(16)15-14(11)17/h4-6H,7H2,1-3H3,(H,15,16,17). The number of aryl methyl sites for hydroxylation is 3. The van der Waals surface area contributed by atoms with Gasteiger partial charge in [0.05, 0.1) is 6.42 Å². The van der Waals surface area contributed by atoms with E-state index in [0.29, 0.717) is 5.57 Å². The second-order valence-electron chi connectivity index (χ2n) is 4.54. The summed E-state index contributed by atoms with van der Waals surface area (Å²) >= 11 is 0. The maximum Gasteiger partial charge on any atom is 0.254 e. The molecule has 1 aromatic rings. The molecule has 0 atom stereocenters. The second-order valence-corrected chi connectivity index (χ2v) is 4.54. The van der Waals surface area contributed by atoms with Crippen LogP contribution in [-0.2, 0) is 9.59 Å². The van der Waals surface area contributed by atoms with E-state index in [2.05, 4.69) is 17.4 Å². The van der Waals surface area contributed by atoms with Crippen molar-refractivity contribution in [2.75, 3.05) is 0 Å². The molecule has 0 spiro atoms. The first-order valence-corrected chi connectivity index (χ1v) is 5.60. The van der Waals surface area contributed by atoms with Crippen molar-refractivity contribution >= 4 is 17.9 Å². The summed E-state index contributed by atoms with van der Waals surface area (Å²) < 4.78 is 0. The predicted octanol–water partition coefficient (Wildman–Crippen LogP) is 2.04. The number of hydrogen-bond acceptors (Lipinski definition) is 2. The van der Waals surface area contributed by atoms with Crippen LogP contribution in [0.3, 0.4) is 0 Å². The molecule has 1 aliphatic heterocycles. The fourth-order valence-electron chi connectivity index (χ4n) is 2.21. The van der Waals surface area contributed by atoms with Gasteiger partial charge in [-0.05, 0) is 43.5 Å². The number of nitrogens with one attached hydrogen (secondary N) is 1. The molecule has 1 fully saturated rings. The Morgan fingerprint density at radius 2 is 1.71 bits per heavy atom. The third-order valence-corrected chi connectivity index (χ3v) is 2.95. The van der Waals surface area contributed by atoms with E-state index >= 15 is 0 Å². The Morgan fingerprint density at radius 1 is 1.12 bits per heavy atom. The van der Waals surface area contributed by atoms with E-state index in [0.717, 1.165) is 16.7 Å². The Labute approximate surface area is 101 Å². The number of carbonyl (C=O) groups excluding carboxylic acids is 2. The number of rotatable bonds is 1. The van der Waals surface area contributed by atoms with Gasteiger partial charge in [-0.2, -0.15) is 0 Å². The number of benzene rings is 1. The largest absolute Gasteiger partial charge is 0.292 e. The minimum absolute atomic E-state index is 0.186. The van der Waals surface area contributed by atoms with Crippen LogP contribution in [0.2, 0.25) is 0 Å². The minimum Gasteiger partial charge on any atom is -0.292 e. The van der Waals surface area contributed by atoms with Gasteiger partial charge in [0.2, 0.25) is 5.91 Å². The highest BCUT2D eigenvalue weighted by molar-refractivity contribution is 6.15. The summed E-state index contributed by atoms with van der Waals surface area (Å²) in [5.41, 5.74) is 5.04. The molecule has 1 heterocycles. The van der Waals surface area contributed by atoms with Gasteiger partial charge in [0.25, 0.3) is 5.91 Å². The van der Waals surface area contributed by atoms with Gasteiger partial charge in [0.1, 0.15) is 0 Å². The molecule has 3 heteroatoms. The van der Waals surface area contributed by atoms with Crippen LogP contribution in [-0.4, -0.2) is 11.8 Å². The molecule has 88 valence electrons. The molecular weight excluding hydrogens is 214 g/mol. The van der Waals surface area contributed by atoms with Crippen molar-refractivity contribution in [3.05, 3.63) is 40.0 Å². The molecule has 2 rings (SSSR count). The molecule has 0 aromatic heterocycles. The maximum atomic E-state index is 11.5. The zero-order chi connectivity index (χ0) is 12.6. The average Bonchev–Trinajstić information content (AvgIpc) is 2.51. The molecule has 1 aromatic carbocycles. The van der Waals surface area contributed by atoms with Crippen molar-refractivity contribution in [1.29, 1.82) is 0 Å². The maximum absolute atomic E-state index is 11.5. The van der Waals surface area contributed by atoms with Crippen LogP contribution in [0.1, 0.15) is 28.7 Å². The first-order chi connectivity index (χ1) is 7.97. The van der Waals surface area contributed by atoms with Crippen molar-refractivity contribution < 1.29 is 9.59 Å². The fraction of sp³-hybridized carbons (Fsp3) is 0.286. The van der Waals surface area contributed by atoms with Gasteiger partial charge in [-0.25, -0.2) is 0 Å². The van der Waals surface area contributed by atoms with Crippen LogP contribution in [0.25, 0.3) is 6.08 Å². The summed E-state index contributed by atoms with van der Waals surface area (Å²) in [6, 6.07) is 4.15. The molecule has 1 N–H and O–H groups in total. The lowest BCUT2D eigenvalue weighted by Gasteiger charge is -2.07. The van der Waals surface area contributed by atoms with Crippen molar-refractivity contribution in [1.82, 2.24) is 5.32 Å². The Balaban J connectivity index is 2.46. The molecule has 3 nitrogen and oxygen atoms in total. The van der Waals surface area contributed by atoms with Gasteiger partial charge < -0.3 is 0 Å². The fourth-order valence-corrected chi connectivity index (χ4v) is 2.21. The van der Waals surface area contributed by atoms with E-state index < -0.39 is 0 Å². The highest BCUT2D eigenvalue weighted by atomic mass is 16.2. The van der Waals surface area contributed by atoms with Gasteiger partial charge in [0.15, 0.2) is 0 Å². The number of imide groups is 1. The molecule has 0 aliphatic carbocycles. The van der Waals surface area contributed by atoms with Crippen molar-refractivity contribution in [3.63, 3.8) is 0 Å². The summed E-state index contributed by atoms with van der Waals surface area (Å²) in [7, 11) is 0. The summed E-state index contributed by atoms with van der Waals surface area (Å²) in [6.45, 7) is 6.07. The van der Waals surface area contributed by atoms with E-state index in [9.17, 15) is 9.59 Å². The highest BCUT2D eigenvalue weighted by Crippen LogP contribution is 2.22. The normalized spacial score (nSPS) is 17.7. The van der Waals surface area contributed by atoms with Gasteiger partial charge in [-0.1, -0.05) is 17.7 Å². The molecule has 0 radical (unpaired) electrons. The third kappa shape index (κ3) is 2.28. The average molecular weight is 229 g/mol. The predicted molar refractivity (Wildman–Crippen MR) is 66.4 cm³/mol. The summed E-state index contributed by atoms with van der Waals surface area (Å²) in [4.78, 5) is 22.6. The molecule has 1 saturated heterocycles. The van der Waals surface area contributed by atoms with Crippen molar-refractivity contribution in [3.8, 4) is 0 Å². The van der Waals surface area contributed by atoms with Gasteiger partial charge in [-0.15, -0.1) is 0 Å². The topological polar surface area (TPSA) is 46.2 Å². The monoisotopic (exact) mass is 229 g/mol. The first-order valence-electron chi connectivity index (χ1n) is 5.60. The SMILES string of the molecule is Cc1cc(C)c(C=C2CC(=O)NC2=O)c(C)c1. The second kappa shape index (κ2) is 4.17. The molecule has 1 aliphatic rings. The number of carbonyl (C=O) groups is 2. The number of hydrogen-bond donors (Lipinski definition) is 1. The van der Waals surface area contributed by atoms with Gasteiger partial charge in [-0.3, -0.25) is 14.9 Å². The number of amides is 2. The molecule has 0 unspecified atom stereocenters. The summed E-state index contributed by atoms with van der Waals surface area (Å²) in [5, 5.41) is 2.29. The van der Waals surface area contributed by atoms with Crippen LogP contribution < -0.4 is 5.32 Å². The van der Waals surface area contributed by atoms with Gasteiger partial charge in [0, 0.05) is 5.57 Å². The lowest BCUT2D eigenvalue weighted by Crippen LogP contribution is -2.19. The van der Waals surface area contributed by atoms with E-state index in [4.69, 9.17) is 0 Å². The van der Waals surface area contributed by atoms with Crippen molar-refractivity contribution in [2.45, 2.75) is 27.2 Å². The van der Waals surface area contributed by atoms with Gasteiger partial charge >= 0.3 is 0 Å². The van der Waals surface area contributed by atoms with Crippen LogP contribution in [0, 0.1) is 20.8 Å². The van der Waals surface area contributed by atoms with E-state index in [1.54, 1.807) is 0 Å². The van der Waals surface area contributed by atoms with E-state index in [-0.39, 0.29) is 18.2 Å².